The Morgan fingerprint density at radius 3 is 2.40 bits per heavy atom. The molecule has 4 aromatic rings. The number of hydrogen-bond donors (Lipinski definition) is 0. The molecule has 0 aliphatic heterocycles. The summed E-state index contributed by atoms with van der Waals surface area (Å²) in [6, 6.07) is 22.3. The molecule has 0 unspecified atom stereocenters. The molecule has 4 rings (SSSR count). The number of rotatable bonds is 1. The van der Waals surface area contributed by atoms with Crippen LogP contribution in [0.25, 0.3) is 33.1 Å². The lowest BCUT2D eigenvalue weighted by Crippen LogP contribution is -1.76. The average Bonchev–Trinajstić information content (AvgIpc) is 2.87. The molecule has 1 heterocycles. The number of furan rings is 1. The van der Waals surface area contributed by atoms with Gasteiger partial charge in [-0.2, -0.15) is 0 Å². The highest BCUT2D eigenvalue weighted by Crippen LogP contribution is 2.35. The zero-order valence-electron chi connectivity index (χ0n) is 10.6. The highest BCUT2D eigenvalue weighted by Gasteiger charge is 2.10. The van der Waals surface area contributed by atoms with E-state index in [0.29, 0.717) is 0 Å². The van der Waals surface area contributed by atoms with Gasteiger partial charge in [0.05, 0.1) is 5.02 Å². The second-order valence-electron chi connectivity index (χ2n) is 4.79. The summed E-state index contributed by atoms with van der Waals surface area (Å²) in [4.78, 5) is 0. The van der Waals surface area contributed by atoms with Crippen LogP contribution in [0, 0.1) is 0 Å². The van der Waals surface area contributed by atoms with E-state index in [2.05, 4.69) is 30.3 Å². The molecule has 3 aromatic carbocycles. The minimum absolute atomic E-state index is 0.730. The molecule has 0 atom stereocenters. The molecule has 0 aliphatic carbocycles. The Morgan fingerprint density at radius 2 is 1.55 bits per heavy atom. The van der Waals surface area contributed by atoms with Gasteiger partial charge in [0.25, 0.3) is 0 Å². The fraction of sp³-hybridized carbons (Fsp3) is 0. The summed E-state index contributed by atoms with van der Waals surface area (Å²) in [5, 5.41) is 2.78. The van der Waals surface area contributed by atoms with Crippen molar-refractivity contribution in [1.82, 2.24) is 0 Å². The van der Waals surface area contributed by atoms with Gasteiger partial charge in [0, 0.05) is 10.8 Å². The van der Waals surface area contributed by atoms with E-state index in [1.165, 1.54) is 5.56 Å². The van der Waals surface area contributed by atoms with Crippen LogP contribution in [0.15, 0.2) is 71.1 Å². The van der Waals surface area contributed by atoms with Crippen molar-refractivity contribution in [2.75, 3.05) is 0 Å². The Labute approximate surface area is 121 Å². The van der Waals surface area contributed by atoms with Crippen molar-refractivity contribution in [3.63, 3.8) is 0 Å². The molecule has 1 nitrogen and oxygen atoms in total. The summed E-state index contributed by atoms with van der Waals surface area (Å²) in [7, 11) is 0. The first kappa shape index (κ1) is 11.6. The average molecular weight is 279 g/mol. The lowest BCUT2D eigenvalue weighted by atomic mass is 10.0. The molecule has 0 aliphatic rings. The van der Waals surface area contributed by atoms with Crippen molar-refractivity contribution in [2.24, 2.45) is 0 Å². The normalized spacial score (nSPS) is 11.2. The summed E-state index contributed by atoms with van der Waals surface area (Å²) in [5.41, 5.74) is 4.03. The van der Waals surface area contributed by atoms with Crippen molar-refractivity contribution >= 4 is 33.5 Å². The van der Waals surface area contributed by atoms with E-state index in [-0.39, 0.29) is 0 Å². The molecule has 0 saturated carbocycles. The molecule has 0 bridgehead atoms. The van der Waals surface area contributed by atoms with Gasteiger partial charge in [-0.25, -0.2) is 0 Å². The smallest absolute Gasteiger partial charge is 0.136 e. The van der Waals surface area contributed by atoms with E-state index in [1.54, 1.807) is 0 Å². The molecule has 1 aromatic heterocycles. The van der Waals surface area contributed by atoms with Crippen LogP contribution < -0.4 is 0 Å². The van der Waals surface area contributed by atoms with Crippen LogP contribution in [0.2, 0.25) is 5.02 Å². The minimum Gasteiger partial charge on any atom is -0.456 e. The maximum atomic E-state index is 6.27. The summed E-state index contributed by atoms with van der Waals surface area (Å²) < 4.78 is 5.91. The molecule has 0 radical (unpaired) electrons. The van der Waals surface area contributed by atoms with Gasteiger partial charge in [-0.1, -0.05) is 54.1 Å². The van der Waals surface area contributed by atoms with Gasteiger partial charge < -0.3 is 4.42 Å². The lowest BCUT2D eigenvalue weighted by molar-refractivity contribution is 0.669. The molecule has 0 amide bonds. The number of hydrogen-bond acceptors (Lipinski definition) is 1. The van der Waals surface area contributed by atoms with E-state index in [1.807, 2.05) is 36.4 Å². The standard InChI is InChI=1S/C18H11ClO/c19-15-7-4-8-16-18(15)14-10-9-13(11-17(14)20-16)12-5-2-1-3-6-12/h1-11H. The van der Waals surface area contributed by atoms with Gasteiger partial charge in [0.15, 0.2) is 0 Å². The zero-order valence-corrected chi connectivity index (χ0v) is 11.4. The Bertz CT molecular complexity index is 907. The van der Waals surface area contributed by atoms with Crippen LogP contribution in [-0.4, -0.2) is 0 Å². The first-order valence-electron chi connectivity index (χ1n) is 6.49. The van der Waals surface area contributed by atoms with Crippen LogP contribution in [0.4, 0.5) is 0 Å². The Balaban J connectivity index is 2.01. The van der Waals surface area contributed by atoms with E-state index in [0.717, 1.165) is 32.5 Å². The van der Waals surface area contributed by atoms with E-state index in [4.69, 9.17) is 16.0 Å². The largest absolute Gasteiger partial charge is 0.456 e. The summed E-state index contributed by atoms with van der Waals surface area (Å²) in [5.74, 6) is 0. The van der Waals surface area contributed by atoms with Gasteiger partial charge in [-0.3, -0.25) is 0 Å². The Hall–Kier alpha value is -2.25. The van der Waals surface area contributed by atoms with Crippen molar-refractivity contribution < 1.29 is 4.42 Å². The summed E-state index contributed by atoms with van der Waals surface area (Å²) in [6.07, 6.45) is 0. The van der Waals surface area contributed by atoms with Crippen LogP contribution in [0.3, 0.4) is 0 Å². The fourth-order valence-corrected chi connectivity index (χ4v) is 2.86. The highest BCUT2D eigenvalue weighted by molar-refractivity contribution is 6.37. The molecular weight excluding hydrogens is 268 g/mol. The molecule has 0 saturated heterocycles. The predicted molar refractivity (Wildman–Crippen MR) is 84.2 cm³/mol. The van der Waals surface area contributed by atoms with Crippen LogP contribution in [0.5, 0.6) is 0 Å². The molecule has 96 valence electrons. The molecular formula is C18H11ClO. The first-order valence-corrected chi connectivity index (χ1v) is 6.87. The number of fused-ring (bicyclic) bond motifs is 3. The topological polar surface area (TPSA) is 13.1 Å². The van der Waals surface area contributed by atoms with E-state index >= 15 is 0 Å². The fourth-order valence-electron chi connectivity index (χ4n) is 2.59. The minimum atomic E-state index is 0.730. The van der Waals surface area contributed by atoms with Crippen LogP contribution in [-0.2, 0) is 0 Å². The van der Waals surface area contributed by atoms with Crippen LogP contribution >= 0.6 is 11.6 Å². The molecule has 20 heavy (non-hydrogen) atoms. The van der Waals surface area contributed by atoms with Crippen molar-refractivity contribution in [3.8, 4) is 11.1 Å². The first-order chi connectivity index (χ1) is 9.83. The highest BCUT2D eigenvalue weighted by atomic mass is 35.5. The SMILES string of the molecule is Clc1cccc2oc3cc(-c4ccccc4)ccc3c12. The quantitative estimate of drug-likeness (QED) is 0.422. The monoisotopic (exact) mass is 278 g/mol. The third-order valence-corrected chi connectivity index (χ3v) is 3.87. The van der Waals surface area contributed by atoms with E-state index < -0.39 is 0 Å². The van der Waals surface area contributed by atoms with Gasteiger partial charge in [0.1, 0.15) is 11.2 Å². The molecule has 0 fully saturated rings. The maximum Gasteiger partial charge on any atom is 0.136 e. The third-order valence-electron chi connectivity index (χ3n) is 3.55. The van der Waals surface area contributed by atoms with Gasteiger partial charge in [-0.05, 0) is 35.4 Å². The Morgan fingerprint density at radius 1 is 0.700 bits per heavy atom. The lowest BCUT2D eigenvalue weighted by Gasteiger charge is -2.00. The Kier molecular flexibility index (Phi) is 2.54. The number of halogens is 1. The van der Waals surface area contributed by atoms with Crippen molar-refractivity contribution in [3.05, 3.63) is 71.8 Å². The summed E-state index contributed by atoms with van der Waals surface area (Å²) in [6.45, 7) is 0. The number of benzene rings is 3. The second-order valence-corrected chi connectivity index (χ2v) is 5.20. The predicted octanol–water partition coefficient (Wildman–Crippen LogP) is 5.91. The second kappa shape index (κ2) is 4.39. The maximum absolute atomic E-state index is 6.27. The van der Waals surface area contributed by atoms with Crippen molar-refractivity contribution in [1.29, 1.82) is 0 Å². The molecule has 2 heteroatoms. The van der Waals surface area contributed by atoms with Crippen molar-refractivity contribution in [2.45, 2.75) is 0 Å². The molecule has 0 N–H and O–H groups in total. The van der Waals surface area contributed by atoms with Gasteiger partial charge in [-0.15, -0.1) is 0 Å². The summed E-state index contributed by atoms with van der Waals surface area (Å²) >= 11 is 6.27. The third kappa shape index (κ3) is 1.71. The van der Waals surface area contributed by atoms with Gasteiger partial charge >= 0.3 is 0 Å². The molecule has 0 spiro atoms. The van der Waals surface area contributed by atoms with Gasteiger partial charge in [0.2, 0.25) is 0 Å². The van der Waals surface area contributed by atoms with Crippen LogP contribution in [0.1, 0.15) is 0 Å². The zero-order chi connectivity index (χ0) is 13.5. The van der Waals surface area contributed by atoms with E-state index in [9.17, 15) is 0 Å².